The predicted molar refractivity (Wildman–Crippen MR) is 104 cm³/mol. The van der Waals surface area contributed by atoms with Crippen molar-refractivity contribution in [2.75, 3.05) is 46.5 Å². The van der Waals surface area contributed by atoms with E-state index in [9.17, 15) is 9.59 Å². The lowest BCUT2D eigenvalue weighted by molar-refractivity contribution is -0.137. The summed E-state index contributed by atoms with van der Waals surface area (Å²) in [6, 6.07) is 7.83. The summed E-state index contributed by atoms with van der Waals surface area (Å²) in [7, 11) is 1.63. The Morgan fingerprint density at radius 3 is 2.55 bits per heavy atom. The highest BCUT2D eigenvalue weighted by molar-refractivity contribution is 5.92. The summed E-state index contributed by atoms with van der Waals surface area (Å²) in [5.41, 5.74) is 1.45. The number of hydrogen-bond acceptors (Lipinski definition) is 6. The number of benzene rings is 1. The SMILES string of the molecule is COc1ccc(CCC(=O)N2CC(n3cc(C(=O)N4CCOCC4)nn3)C2)cc1. The van der Waals surface area contributed by atoms with Crippen LogP contribution in [0.4, 0.5) is 0 Å². The van der Waals surface area contributed by atoms with Crippen LogP contribution in [0.25, 0.3) is 0 Å². The zero-order chi connectivity index (χ0) is 20.2. The van der Waals surface area contributed by atoms with Crippen LogP contribution >= 0.6 is 0 Å². The summed E-state index contributed by atoms with van der Waals surface area (Å²) in [4.78, 5) is 28.4. The minimum absolute atomic E-state index is 0.0682. The second-order valence-corrected chi connectivity index (χ2v) is 7.29. The Labute approximate surface area is 169 Å². The third-order valence-corrected chi connectivity index (χ3v) is 5.40. The lowest BCUT2D eigenvalue weighted by Gasteiger charge is -2.39. The van der Waals surface area contributed by atoms with Crippen LogP contribution in [0.5, 0.6) is 5.75 Å². The predicted octanol–water partition coefficient (Wildman–Crippen LogP) is 0.775. The second-order valence-electron chi connectivity index (χ2n) is 7.29. The van der Waals surface area contributed by atoms with Gasteiger partial charge >= 0.3 is 0 Å². The maximum absolute atomic E-state index is 12.5. The average molecular weight is 399 g/mol. The summed E-state index contributed by atoms with van der Waals surface area (Å²) < 4.78 is 12.1. The number of ether oxygens (including phenoxy) is 2. The van der Waals surface area contributed by atoms with Crippen molar-refractivity contribution in [1.82, 2.24) is 24.8 Å². The topological polar surface area (TPSA) is 89.8 Å². The van der Waals surface area contributed by atoms with E-state index >= 15 is 0 Å². The van der Waals surface area contributed by atoms with Gasteiger partial charge in [0.15, 0.2) is 5.69 Å². The molecule has 1 aromatic heterocycles. The molecule has 9 nitrogen and oxygen atoms in total. The van der Waals surface area contributed by atoms with Crippen LogP contribution in [0.1, 0.15) is 28.5 Å². The van der Waals surface area contributed by atoms with Crippen LogP contribution in [-0.4, -0.2) is 83.1 Å². The van der Waals surface area contributed by atoms with E-state index in [0.717, 1.165) is 11.3 Å². The van der Waals surface area contributed by atoms with E-state index in [0.29, 0.717) is 57.9 Å². The number of aryl methyl sites for hydroxylation is 1. The molecule has 2 amide bonds. The van der Waals surface area contributed by atoms with Crippen molar-refractivity contribution in [3.63, 3.8) is 0 Å². The molecule has 29 heavy (non-hydrogen) atoms. The molecule has 2 aromatic rings. The number of likely N-dealkylation sites (tertiary alicyclic amines) is 1. The molecule has 2 saturated heterocycles. The summed E-state index contributed by atoms with van der Waals surface area (Å²) >= 11 is 0. The molecular formula is C20H25N5O4. The lowest BCUT2D eigenvalue weighted by atomic mass is 10.1. The highest BCUT2D eigenvalue weighted by Crippen LogP contribution is 2.22. The first kappa shape index (κ1) is 19.4. The largest absolute Gasteiger partial charge is 0.497 e. The minimum atomic E-state index is -0.119. The fourth-order valence-corrected chi connectivity index (χ4v) is 3.51. The van der Waals surface area contributed by atoms with Crippen molar-refractivity contribution in [2.45, 2.75) is 18.9 Å². The van der Waals surface area contributed by atoms with Gasteiger partial charge in [0, 0.05) is 32.6 Å². The molecule has 2 aliphatic heterocycles. The van der Waals surface area contributed by atoms with Gasteiger partial charge in [-0.15, -0.1) is 5.10 Å². The maximum Gasteiger partial charge on any atom is 0.276 e. The van der Waals surface area contributed by atoms with Gasteiger partial charge in [-0.05, 0) is 24.1 Å². The van der Waals surface area contributed by atoms with Gasteiger partial charge < -0.3 is 19.3 Å². The average Bonchev–Trinajstić information content (AvgIpc) is 3.21. The fraction of sp³-hybridized carbons (Fsp3) is 0.500. The van der Waals surface area contributed by atoms with Crippen LogP contribution in [0.2, 0.25) is 0 Å². The number of hydrogen-bond donors (Lipinski definition) is 0. The number of carbonyl (C=O) groups is 2. The third-order valence-electron chi connectivity index (χ3n) is 5.40. The number of amides is 2. The molecule has 0 saturated carbocycles. The van der Waals surface area contributed by atoms with E-state index in [4.69, 9.17) is 9.47 Å². The molecule has 0 N–H and O–H groups in total. The smallest absolute Gasteiger partial charge is 0.276 e. The molecule has 0 atom stereocenters. The first-order valence-corrected chi connectivity index (χ1v) is 9.83. The molecule has 0 aliphatic carbocycles. The molecule has 9 heteroatoms. The minimum Gasteiger partial charge on any atom is -0.497 e. The van der Waals surface area contributed by atoms with E-state index in [1.165, 1.54) is 0 Å². The van der Waals surface area contributed by atoms with Gasteiger partial charge in [0.2, 0.25) is 5.91 Å². The Morgan fingerprint density at radius 1 is 1.14 bits per heavy atom. The molecular weight excluding hydrogens is 374 g/mol. The zero-order valence-electron chi connectivity index (χ0n) is 16.5. The van der Waals surface area contributed by atoms with E-state index < -0.39 is 0 Å². The molecule has 154 valence electrons. The van der Waals surface area contributed by atoms with Gasteiger partial charge in [0.25, 0.3) is 5.91 Å². The summed E-state index contributed by atoms with van der Waals surface area (Å²) in [5.74, 6) is 0.818. The summed E-state index contributed by atoms with van der Waals surface area (Å²) in [6.07, 6.45) is 2.85. The molecule has 4 rings (SSSR count). The summed E-state index contributed by atoms with van der Waals surface area (Å²) in [6.45, 7) is 3.44. The lowest BCUT2D eigenvalue weighted by Crippen LogP contribution is -2.51. The number of methoxy groups -OCH3 is 1. The Kier molecular flexibility index (Phi) is 5.75. The maximum atomic E-state index is 12.5. The van der Waals surface area contributed by atoms with E-state index in [1.54, 1.807) is 22.9 Å². The van der Waals surface area contributed by atoms with Crippen LogP contribution in [0.15, 0.2) is 30.5 Å². The first-order valence-electron chi connectivity index (χ1n) is 9.83. The van der Waals surface area contributed by atoms with Gasteiger partial charge in [-0.3, -0.25) is 9.59 Å². The Balaban J connectivity index is 1.24. The Morgan fingerprint density at radius 2 is 1.86 bits per heavy atom. The second kappa shape index (κ2) is 8.60. The number of morpholine rings is 1. The highest BCUT2D eigenvalue weighted by Gasteiger charge is 2.33. The Bertz CT molecular complexity index is 854. The van der Waals surface area contributed by atoms with Crippen LogP contribution < -0.4 is 4.74 Å². The van der Waals surface area contributed by atoms with Gasteiger partial charge in [0.05, 0.1) is 32.6 Å². The Hall–Kier alpha value is -2.94. The number of aromatic nitrogens is 3. The van der Waals surface area contributed by atoms with Crippen molar-refractivity contribution in [3.05, 3.63) is 41.7 Å². The van der Waals surface area contributed by atoms with Crippen LogP contribution in [0, 0.1) is 0 Å². The van der Waals surface area contributed by atoms with Gasteiger partial charge in [0.1, 0.15) is 5.75 Å². The van der Waals surface area contributed by atoms with Gasteiger partial charge in [-0.1, -0.05) is 17.3 Å². The monoisotopic (exact) mass is 399 g/mol. The van der Waals surface area contributed by atoms with Crippen molar-refractivity contribution in [1.29, 1.82) is 0 Å². The molecule has 2 fully saturated rings. The molecule has 3 heterocycles. The fourth-order valence-electron chi connectivity index (χ4n) is 3.51. The van der Waals surface area contributed by atoms with E-state index in [1.807, 2.05) is 29.2 Å². The molecule has 1 aromatic carbocycles. The highest BCUT2D eigenvalue weighted by atomic mass is 16.5. The number of nitrogens with zero attached hydrogens (tertiary/aromatic N) is 5. The third kappa shape index (κ3) is 4.40. The molecule has 0 unspecified atom stereocenters. The molecule has 0 spiro atoms. The zero-order valence-corrected chi connectivity index (χ0v) is 16.5. The van der Waals surface area contributed by atoms with Gasteiger partial charge in [-0.2, -0.15) is 0 Å². The van der Waals surface area contributed by atoms with Crippen LogP contribution in [0.3, 0.4) is 0 Å². The van der Waals surface area contributed by atoms with Crippen LogP contribution in [-0.2, 0) is 16.0 Å². The number of carbonyl (C=O) groups excluding carboxylic acids is 2. The molecule has 0 radical (unpaired) electrons. The van der Waals surface area contributed by atoms with E-state index in [2.05, 4.69) is 10.3 Å². The normalized spacial score (nSPS) is 17.1. The first-order chi connectivity index (χ1) is 14.1. The van der Waals surface area contributed by atoms with Gasteiger partial charge in [-0.25, -0.2) is 4.68 Å². The molecule has 2 aliphatic rings. The quantitative estimate of drug-likeness (QED) is 0.713. The van der Waals surface area contributed by atoms with Crippen molar-refractivity contribution in [2.24, 2.45) is 0 Å². The van der Waals surface area contributed by atoms with Crippen molar-refractivity contribution >= 4 is 11.8 Å². The summed E-state index contributed by atoms with van der Waals surface area (Å²) in [5, 5.41) is 8.12. The number of rotatable bonds is 6. The van der Waals surface area contributed by atoms with Crippen molar-refractivity contribution in [3.8, 4) is 5.75 Å². The van der Waals surface area contributed by atoms with E-state index in [-0.39, 0.29) is 17.9 Å². The molecule has 0 bridgehead atoms. The van der Waals surface area contributed by atoms with Crippen molar-refractivity contribution < 1.29 is 19.1 Å². The standard InChI is InChI=1S/C20H25N5O4/c1-28-17-5-2-15(3-6-17)4-7-19(26)24-12-16(13-24)25-14-18(21-22-25)20(27)23-8-10-29-11-9-23/h2-3,5-6,14,16H,4,7-13H2,1H3.